The number of ketones is 1. The number of esters is 2. The number of sulfonamides is 1. The van der Waals surface area contributed by atoms with Crippen LogP contribution in [0.3, 0.4) is 0 Å². The highest BCUT2D eigenvalue weighted by Crippen LogP contribution is 2.24. The van der Waals surface area contributed by atoms with Gasteiger partial charge in [0.25, 0.3) is 10.0 Å². The second-order valence-corrected chi connectivity index (χ2v) is 9.83. The number of hydrogen-bond donors (Lipinski definition) is 1. The molecule has 2 aromatic carbocycles. The first-order chi connectivity index (χ1) is 16.5. The molecular weight excluding hydrogens is 472 g/mol. The highest BCUT2D eigenvalue weighted by molar-refractivity contribution is 7.92. The van der Waals surface area contributed by atoms with Crippen LogP contribution >= 0.6 is 0 Å². The lowest BCUT2D eigenvalue weighted by Crippen LogP contribution is -2.27. The van der Waals surface area contributed by atoms with Gasteiger partial charge < -0.3 is 14.5 Å². The van der Waals surface area contributed by atoms with Gasteiger partial charge in [-0.2, -0.15) is 0 Å². The quantitative estimate of drug-likeness (QED) is 0.371. The van der Waals surface area contributed by atoms with Crippen molar-refractivity contribution in [3.05, 3.63) is 82.7 Å². The van der Waals surface area contributed by atoms with Gasteiger partial charge in [-0.05, 0) is 56.7 Å². The van der Waals surface area contributed by atoms with Gasteiger partial charge in [0, 0.05) is 12.7 Å². The summed E-state index contributed by atoms with van der Waals surface area (Å²) >= 11 is 0. The van der Waals surface area contributed by atoms with E-state index in [2.05, 4.69) is 4.98 Å². The molecule has 1 atom stereocenters. The Balaban J connectivity index is 1.81. The third-order valence-electron chi connectivity index (χ3n) is 5.57. The number of methoxy groups -OCH3 is 1. The molecule has 1 heterocycles. The number of anilines is 1. The minimum atomic E-state index is -3.94. The van der Waals surface area contributed by atoms with Crippen LogP contribution in [-0.2, 0) is 19.5 Å². The van der Waals surface area contributed by atoms with Crippen molar-refractivity contribution in [2.75, 3.05) is 18.5 Å². The highest BCUT2D eigenvalue weighted by atomic mass is 32.2. The standard InChI is InChI=1S/C25H26N2O7S/c1-15-21(25(30)33-5)16(2)26-22(15)23(28)17(3)34-24(29)18-10-9-13-20(14-18)35(31,32)27(4)19-11-7-6-8-12-19/h6-14,17,26H,1-5H3. The van der Waals surface area contributed by atoms with E-state index in [1.54, 1.807) is 44.2 Å². The molecule has 9 nitrogen and oxygen atoms in total. The summed E-state index contributed by atoms with van der Waals surface area (Å²) < 4.78 is 37.3. The highest BCUT2D eigenvalue weighted by Gasteiger charge is 2.28. The number of ether oxygens (including phenoxy) is 2. The largest absolute Gasteiger partial charge is 0.465 e. The summed E-state index contributed by atoms with van der Waals surface area (Å²) in [6.45, 7) is 4.62. The van der Waals surface area contributed by atoms with Crippen molar-refractivity contribution in [1.29, 1.82) is 0 Å². The molecule has 3 rings (SSSR count). The molecule has 0 saturated heterocycles. The van der Waals surface area contributed by atoms with E-state index in [9.17, 15) is 22.8 Å². The van der Waals surface area contributed by atoms with E-state index in [4.69, 9.17) is 9.47 Å². The number of nitrogens with zero attached hydrogens (tertiary/aromatic N) is 1. The Kier molecular flexibility index (Phi) is 7.45. The molecule has 0 aliphatic carbocycles. The van der Waals surface area contributed by atoms with Crippen LogP contribution in [0.15, 0.2) is 59.5 Å². The van der Waals surface area contributed by atoms with Crippen molar-refractivity contribution in [3.8, 4) is 0 Å². The number of benzene rings is 2. The van der Waals surface area contributed by atoms with Gasteiger partial charge in [-0.25, -0.2) is 18.0 Å². The minimum absolute atomic E-state index is 0.0261. The van der Waals surface area contributed by atoms with Gasteiger partial charge in [0.2, 0.25) is 5.78 Å². The van der Waals surface area contributed by atoms with Crippen molar-refractivity contribution < 1.29 is 32.3 Å². The van der Waals surface area contributed by atoms with Crippen LogP contribution < -0.4 is 4.31 Å². The molecule has 0 aliphatic heterocycles. The molecule has 3 aromatic rings. The average Bonchev–Trinajstić information content (AvgIpc) is 3.16. The topological polar surface area (TPSA) is 123 Å². The number of para-hydroxylation sites is 1. The van der Waals surface area contributed by atoms with Crippen LogP contribution in [0.5, 0.6) is 0 Å². The molecule has 0 bridgehead atoms. The molecule has 1 aromatic heterocycles. The fourth-order valence-electron chi connectivity index (χ4n) is 3.61. The molecule has 10 heteroatoms. The Morgan fingerprint density at radius 1 is 0.971 bits per heavy atom. The van der Waals surface area contributed by atoms with E-state index < -0.39 is 33.8 Å². The summed E-state index contributed by atoms with van der Waals surface area (Å²) in [4.78, 5) is 40.4. The maximum Gasteiger partial charge on any atom is 0.339 e. The smallest absolute Gasteiger partial charge is 0.339 e. The lowest BCUT2D eigenvalue weighted by Gasteiger charge is -2.20. The molecule has 0 spiro atoms. The van der Waals surface area contributed by atoms with Gasteiger partial charge in [0.15, 0.2) is 6.10 Å². The molecule has 0 saturated carbocycles. The van der Waals surface area contributed by atoms with Gasteiger partial charge in [-0.15, -0.1) is 0 Å². The molecular formula is C25H26N2O7S. The van der Waals surface area contributed by atoms with Crippen molar-refractivity contribution in [2.45, 2.75) is 31.8 Å². The maximum atomic E-state index is 13.1. The Labute approximate surface area is 203 Å². The van der Waals surface area contributed by atoms with Gasteiger partial charge >= 0.3 is 11.9 Å². The number of nitrogens with one attached hydrogen (secondary N) is 1. The van der Waals surface area contributed by atoms with Gasteiger partial charge in [-0.1, -0.05) is 24.3 Å². The summed E-state index contributed by atoms with van der Waals surface area (Å²) in [5, 5.41) is 0. The van der Waals surface area contributed by atoms with E-state index in [0.717, 1.165) is 4.31 Å². The zero-order valence-corrected chi connectivity index (χ0v) is 20.8. The summed E-state index contributed by atoms with van der Waals surface area (Å²) in [5.74, 6) is -1.99. The monoisotopic (exact) mass is 498 g/mol. The Morgan fingerprint density at radius 3 is 2.26 bits per heavy atom. The number of aromatic amines is 1. The van der Waals surface area contributed by atoms with E-state index in [0.29, 0.717) is 16.9 Å². The van der Waals surface area contributed by atoms with Crippen LogP contribution in [-0.4, -0.2) is 51.4 Å². The molecule has 35 heavy (non-hydrogen) atoms. The normalized spacial score (nSPS) is 12.0. The molecule has 1 N–H and O–H groups in total. The lowest BCUT2D eigenvalue weighted by atomic mass is 10.1. The van der Waals surface area contributed by atoms with E-state index >= 15 is 0 Å². The number of hydrogen-bond acceptors (Lipinski definition) is 7. The molecule has 0 fully saturated rings. The van der Waals surface area contributed by atoms with E-state index in [1.807, 2.05) is 0 Å². The number of rotatable bonds is 8. The zero-order valence-electron chi connectivity index (χ0n) is 20.0. The van der Waals surface area contributed by atoms with Crippen molar-refractivity contribution in [1.82, 2.24) is 4.98 Å². The van der Waals surface area contributed by atoms with Crippen molar-refractivity contribution in [2.24, 2.45) is 0 Å². The number of H-pyrrole nitrogens is 1. The van der Waals surface area contributed by atoms with Crippen molar-refractivity contribution in [3.63, 3.8) is 0 Å². The predicted octanol–water partition coefficient (Wildman–Crippen LogP) is 3.67. The molecule has 0 aliphatic rings. The first-order valence-corrected chi connectivity index (χ1v) is 12.1. The SMILES string of the molecule is COC(=O)c1c(C)[nH]c(C(=O)C(C)OC(=O)c2cccc(S(=O)(=O)N(C)c3ccccc3)c2)c1C. The van der Waals surface area contributed by atoms with Crippen LogP contribution in [0.4, 0.5) is 5.69 Å². The number of aryl methyl sites for hydroxylation is 1. The Hall–Kier alpha value is -3.92. The number of Topliss-reactive ketones (excluding diaryl/α,β-unsaturated/α-hetero) is 1. The molecule has 0 radical (unpaired) electrons. The van der Waals surface area contributed by atoms with Gasteiger partial charge in [-0.3, -0.25) is 9.10 Å². The lowest BCUT2D eigenvalue weighted by molar-refractivity contribution is 0.0316. The van der Waals surface area contributed by atoms with Crippen LogP contribution in [0.25, 0.3) is 0 Å². The summed E-state index contributed by atoms with van der Waals surface area (Å²) in [6, 6.07) is 13.9. The molecule has 0 amide bonds. The zero-order chi connectivity index (χ0) is 25.9. The van der Waals surface area contributed by atoms with E-state index in [1.165, 1.54) is 45.3 Å². The van der Waals surface area contributed by atoms with Crippen LogP contribution in [0.2, 0.25) is 0 Å². The fourth-order valence-corrected chi connectivity index (χ4v) is 4.85. The molecule has 184 valence electrons. The number of carbonyl (C=O) groups excluding carboxylic acids is 3. The van der Waals surface area contributed by atoms with Gasteiger partial charge in [0.05, 0.1) is 34.5 Å². The van der Waals surface area contributed by atoms with Crippen LogP contribution in [0, 0.1) is 13.8 Å². The predicted molar refractivity (Wildman–Crippen MR) is 129 cm³/mol. The van der Waals surface area contributed by atoms with Crippen molar-refractivity contribution >= 4 is 33.4 Å². The second kappa shape index (κ2) is 10.1. The summed E-state index contributed by atoms with van der Waals surface area (Å²) in [7, 11) is -1.29. The summed E-state index contributed by atoms with van der Waals surface area (Å²) in [5.41, 5.74) is 1.65. The number of aromatic nitrogens is 1. The Morgan fingerprint density at radius 2 is 1.63 bits per heavy atom. The first-order valence-electron chi connectivity index (χ1n) is 10.7. The Bertz CT molecular complexity index is 1380. The van der Waals surface area contributed by atoms with Gasteiger partial charge in [0.1, 0.15) is 0 Å². The number of carbonyl (C=O) groups is 3. The first kappa shape index (κ1) is 25.7. The third-order valence-corrected chi connectivity index (χ3v) is 7.36. The van der Waals surface area contributed by atoms with E-state index in [-0.39, 0.29) is 21.7 Å². The maximum absolute atomic E-state index is 13.1. The second-order valence-electron chi connectivity index (χ2n) is 7.86. The minimum Gasteiger partial charge on any atom is -0.465 e. The van der Waals surface area contributed by atoms with Crippen LogP contribution in [0.1, 0.15) is 49.4 Å². The third kappa shape index (κ3) is 5.12. The molecule has 1 unspecified atom stereocenters. The summed E-state index contributed by atoms with van der Waals surface area (Å²) in [6.07, 6.45) is -1.20. The average molecular weight is 499 g/mol. The fraction of sp³-hybridized carbons (Fsp3) is 0.240.